The van der Waals surface area contributed by atoms with Crippen molar-refractivity contribution >= 4 is 35.1 Å². The van der Waals surface area contributed by atoms with Crippen molar-refractivity contribution < 1.29 is 19.1 Å². The lowest BCUT2D eigenvalue weighted by Gasteiger charge is -2.13. The van der Waals surface area contributed by atoms with Crippen LogP contribution in [0.5, 0.6) is 0 Å². The van der Waals surface area contributed by atoms with E-state index in [1.165, 1.54) is 19.4 Å². The number of nitrogens with one attached hydrogen (secondary N) is 1. The number of ketones is 1. The van der Waals surface area contributed by atoms with Crippen LogP contribution < -0.4 is 5.32 Å². The average molecular weight is 385 g/mol. The number of hydrogen-bond acceptors (Lipinski definition) is 5. The van der Waals surface area contributed by atoms with Crippen LogP contribution in [0.15, 0.2) is 53.4 Å². The first-order valence-electron chi connectivity index (χ1n) is 8.66. The lowest BCUT2D eigenvalue weighted by molar-refractivity contribution is -0.152. The third-order valence-electron chi connectivity index (χ3n) is 3.83. The molecule has 0 saturated carbocycles. The zero-order valence-corrected chi connectivity index (χ0v) is 16.5. The molecule has 1 atom stereocenters. The molecule has 2 aromatic rings. The first-order valence-corrected chi connectivity index (χ1v) is 9.64. The molecule has 0 heterocycles. The highest BCUT2D eigenvalue weighted by Crippen LogP contribution is 2.19. The van der Waals surface area contributed by atoms with Gasteiger partial charge in [0.05, 0.1) is 6.42 Å². The van der Waals surface area contributed by atoms with Gasteiger partial charge in [0.1, 0.15) is 0 Å². The molecule has 0 fully saturated rings. The number of esters is 1. The predicted octanol–water partition coefficient (Wildman–Crippen LogP) is 4.25. The van der Waals surface area contributed by atoms with Gasteiger partial charge in [0.15, 0.2) is 11.9 Å². The number of Topliss-reactive ketones (excluding diaryl/α,β-unsaturated/α-hetero) is 1. The number of ether oxygens (including phenoxy) is 1. The number of anilines is 1. The summed E-state index contributed by atoms with van der Waals surface area (Å²) in [4.78, 5) is 36.4. The minimum absolute atomic E-state index is 0.0429. The second-order valence-corrected chi connectivity index (χ2v) is 7.33. The third-order valence-corrected chi connectivity index (χ3v) is 4.85. The van der Waals surface area contributed by atoms with E-state index in [1.54, 1.807) is 36.0 Å². The van der Waals surface area contributed by atoms with E-state index in [2.05, 4.69) is 5.32 Å². The standard InChI is InChI=1S/C21H23NO4S/c1-14-4-10-19(11-5-14)27-13-12-20(24)26-16(3)21(25)22-18-8-6-17(7-9-18)15(2)23/h4-11,16H,12-13H2,1-3H3,(H,22,25). The van der Waals surface area contributed by atoms with Crippen LogP contribution in [0.1, 0.15) is 36.2 Å². The molecule has 2 aromatic carbocycles. The van der Waals surface area contributed by atoms with Crippen LogP contribution in [0.2, 0.25) is 0 Å². The fraction of sp³-hybridized carbons (Fsp3) is 0.286. The van der Waals surface area contributed by atoms with E-state index in [0.717, 1.165) is 4.90 Å². The summed E-state index contributed by atoms with van der Waals surface area (Å²) in [6.45, 7) is 5.03. The molecule has 1 amide bonds. The normalized spacial score (nSPS) is 11.5. The van der Waals surface area contributed by atoms with Crippen molar-refractivity contribution in [3.05, 3.63) is 59.7 Å². The monoisotopic (exact) mass is 385 g/mol. The Kier molecular flexibility index (Phi) is 7.61. The smallest absolute Gasteiger partial charge is 0.307 e. The molecule has 0 saturated heterocycles. The van der Waals surface area contributed by atoms with E-state index >= 15 is 0 Å². The van der Waals surface area contributed by atoms with Gasteiger partial charge in [0.25, 0.3) is 5.91 Å². The van der Waals surface area contributed by atoms with Crippen molar-refractivity contribution in [2.75, 3.05) is 11.1 Å². The van der Waals surface area contributed by atoms with Gasteiger partial charge >= 0.3 is 5.97 Å². The summed E-state index contributed by atoms with van der Waals surface area (Å²) in [6.07, 6.45) is -0.668. The molecule has 0 radical (unpaired) electrons. The summed E-state index contributed by atoms with van der Waals surface area (Å²) in [5, 5.41) is 2.67. The van der Waals surface area contributed by atoms with Gasteiger partial charge in [-0.05, 0) is 57.2 Å². The first-order chi connectivity index (χ1) is 12.8. The SMILES string of the molecule is CC(=O)c1ccc(NC(=O)C(C)OC(=O)CCSc2ccc(C)cc2)cc1. The molecule has 2 rings (SSSR count). The maximum absolute atomic E-state index is 12.1. The number of carbonyl (C=O) groups is 3. The van der Waals surface area contributed by atoms with E-state index < -0.39 is 18.0 Å². The average Bonchev–Trinajstić information content (AvgIpc) is 2.63. The Morgan fingerprint density at radius 3 is 2.26 bits per heavy atom. The summed E-state index contributed by atoms with van der Waals surface area (Å²) in [5.74, 6) is -0.282. The second kappa shape index (κ2) is 9.92. The summed E-state index contributed by atoms with van der Waals surface area (Å²) in [6, 6.07) is 14.6. The van der Waals surface area contributed by atoms with E-state index in [0.29, 0.717) is 17.0 Å². The van der Waals surface area contributed by atoms with E-state index in [-0.39, 0.29) is 12.2 Å². The number of aryl methyl sites for hydroxylation is 1. The van der Waals surface area contributed by atoms with Crippen LogP contribution >= 0.6 is 11.8 Å². The predicted molar refractivity (Wildman–Crippen MR) is 107 cm³/mol. The molecule has 0 aliphatic rings. The second-order valence-electron chi connectivity index (χ2n) is 6.17. The lowest BCUT2D eigenvalue weighted by Crippen LogP contribution is -2.30. The Balaban J connectivity index is 1.75. The van der Waals surface area contributed by atoms with E-state index in [9.17, 15) is 14.4 Å². The van der Waals surface area contributed by atoms with E-state index in [4.69, 9.17) is 4.74 Å². The number of carbonyl (C=O) groups excluding carboxylic acids is 3. The Labute approximate surface area is 163 Å². The Bertz CT molecular complexity index is 800. The number of rotatable bonds is 8. The maximum atomic E-state index is 12.1. The Hall–Kier alpha value is -2.60. The molecule has 0 aliphatic heterocycles. The van der Waals surface area contributed by atoms with Gasteiger partial charge in [0, 0.05) is 21.9 Å². The number of hydrogen-bond donors (Lipinski definition) is 1. The van der Waals surface area contributed by atoms with Crippen LogP contribution in [0.25, 0.3) is 0 Å². The van der Waals surface area contributed by atoms with Crippen molar-refractivity contribution in [3.63, 3.8) is 0 Å². The molecule has 0 spiro atoms. The quantitative estimate of drug-likeness (QED) is 0.418. The largest absolute Gasteiger partial charge is 0.453 e. The minimum atomic E-state index is -0.894. The molecular weight excluding hydrogens is 362 g/mol. The van der Waals surface area contributed by atoms with Gasteiger partial charge in [-0.2, -0.15) is 0 Å². The summed E-state index contributed by atoms with van der Waals surface area (Å²) < 4.78 is 5.18. The molecule has 5 nitrogen and oxygen atoms in total. The van der Waals surface area contributed by atoms with Crippen LogP contribution in [0.3, 0.4) is 0 Å². The number of benzene rings is 2. The molecular formula is C21H23NO4S. The van der Waals surface area contributed by atoms with Crippen LogP contribution in [0, 0.1) is 6.92 Å². The van der Waals surface area contributed by atoms with Gasteiger partial charge in [0.2, 0.25) is 0 Å². The fourth-order valence-corrected chi connectivity index (χ4v) is 3.06. The molecule has 6 heteroatoms. The van der Waals surface area contributed by atoms with Crippen LogP contribution in [-0.2, 0) is 14.3 Å². The van der Waals surface area contributed by atoms with Crippen molar-refractivity contribution in [2.45, 2.75) is 38.2 Å². The minimum Gasteiger partial charge on any atom is -0.453 e. The molecule has 142 valence electrons. The van der Waals surface area contributed by atoms with Gasteiger partial charge in [-0.3, -0.25) is 14.4 Å². The van der Waals surface area contributed by atoms with Gasteiger partial charge in [-0.1, -0.05) is 17.7 Å². The molecule has 0 aromatic heterocycles. The van der Waals surface area contributed by atoms with Crippen molar-refractivity contribution in [2.24, 2.45) is 0 Å². The molecule has 27 heavy (non-hydrogen) atoms. The highest BCUT2D eigenvalue weighted by Gasteiger charge is 2.18. The van der Waals surface area contributed by atoms with E-state index in [1.807, 2.05) is 31.2 Å². The maximum Gasteiger partial charge on any atom is 0.307 e. The molecule has 1 N–H and O–H groups in total. The van der Waals surface area contributed by atoms with Crippen molar-refractivity contribution in [1.82, 2.24) is 0 Å². The van der Waals surface area contributed by atoms with Crippen molar-refractivity contribution in [3.8, 4) is 0 Å². The summed E-state index contributed by atoms with van der Waals surface area (Å²) >= 11 is 1.57. The van der Waals surface area contributed by atoms with Crippen LogP contribution in [-0.4, -0.2) is 29.5 Å². The van der Waals surface area contributed by atoms with Gasteiger partial charge < -0.3 is 10.1 Å². The van der Waals surface area contributed by atoms with Crippen molar-refractivity contribution in [1.29, 1.82) is 0 Å². The first kappa shape index (κ1) is 20.7. The molecule has 0 bridgehead atoms. The Morgan fingerprint density at radius 1 is 1.04 bits per heavy atom. The topological polar surface area (TPSA) is 72.5 Å². The highest BCUT2D eigenvalue weighted by molar-refractivity contribution is 7.99. The fourth-order valence-electron chi connectivity index (χ4n) is 2.23. The highest BCUT2D eigenvalue weighted by atomic mass is 32.2. The zero-order valence-electron chi connectivity index (χ0n) is 15.7. The summed E-state index contributed by atoms with van der Waals surface area (Å²) in [5.41, 5.74) is 2.30. The summed E-state index contributed by atoms with van der Waals surface area (Å²) in [7, 11) is 0. The van der Waals surface area contributed by atoms with Gasteiger partial charge in [-0.15, -0.1) is 11.8 Å². The van der Waals surface area contributed by atoms with Crippen LogP contribution in [0.4, 0.5) is 5.69 Å². The zero-order chi connectivity index (χ0) is 19.8. The molecule has 1 unspecified atom stereocenters. The third kappa shape index (κ3) is 6.90. The number of thioether (sulfide) groups is 1. The Morgan fingerprint density at radius 2 is 1.67 bits per heavy atom. The van der Waals surface area contributed by atoms with Gasteiger partial charge in [-0.25, -0.2) is 0 Å². The molecule has 0 aliphatic carbocycles. The number of amides is 1. The lowest BCUT2D eigenvalue weighted by atomic mass is 10.1.